The van der Waals surface area contributed by atoms with E-state index in [2.05, 4.69) is 23.8 Å². The first-order valence-electron chi connectivity index (χ1n) is 4.70. The summed E-state index contributed by atoms with van der Waals surface area (Å²) in [5.74, 6) is 0. The zero-order valence-electron chi connectivity index (χ0n) is 7.68. The van der Waals surface area contributed by atoms with Crippen molar-refractivity contribution in [2.24, 2.45) is 0 Å². The summed E-state index contributed by atoms with van der Waals surface area (Å²) in [7, 11) is 0. The Kier molecular flexibility index (Phi) is 5.00. The van der Waals surface area contributed by atoms with E-state index in [0.29, 0.717) is 0 Å². The molecule has 1 aliphatic rings. The van der Waals surface area contributed by atoms with Crippen LogP contribution in [0, 0.1) is 0 Å². The second kappa shape index (κ2) is 6.18. The van der Waals surface area contributed by atoms with Gasteiger partial charge in [0.1, 0.15) is 0 Å². The molecule has 1 heterocycles. The van der Waals surface area contributed by atoms with Gasteiger partial charge in [-0.05, 0) is 18.2 Å². The van der Waals surface area contributed by atoms with Gasteiger partial charge in [-0.3, -0.25) is 0 Å². The first-order valence-corrected chi connectivity index (χ1v) is 5.58. The highest BCUT2D eigenvalue weighted by molar-refractivity contribution is 8.05. The Morgan fingerprint density at radius 1 is 1.33 bits per heavy atom. The highest BCUT2D eigenvalue weighted by Gasteiger charge is 1.98. The Morgan fingerprint density at radius 2 is 2.25 bits per heavy atom. The number of rotatable bonds is 5. The summed E-state index contributed by atoms with van der Waals surface area (Å²) in [6, 6.07) is 0. The van der Waals surface area contributed by atoms with Gasteiger partial charge < -0.3 is 5.32 Å². The molecule has 0 aliphatic carbocycles. The Bertz CT molecular complexity index is 173. The molecule has 0 saturated carbocycles. The molecule has 0 aromatic carbocycles. The van der Waals surface area contributed by atoms with Crippen LogP contribution in [0.4, 0.5) is 0 Å². The fourth-order valence-corrected chi connectivity index (χ4v) is 1.91. The lowest BCUT2D eigenvalue weighted by Gasteiger charge is -2.07. The topological polar surface area (TPSA) is 12.0 Å². The second-order valence-electron chi connectivity index (χ2n) is 3.01. The standard InChI is InChI=1S/C10H17NS/c1-2-3-4-5-6-10-9-11-7-8-12-10/h7-9,11H,2-6H2,1H3. The van der Waals surface area contributed by atoms with Gasteiger partial charge >= 0.3 is 0 Å². The number of hydrogen-bond acceptors (Lipinski definition) is 2. The normalized spacial score (nSPS) is 15.6. The summed E-state index contributed by atoms with van der Waals surface area (Å²) in [4.78, 5) is 1.47. The van der Waals surface area contributed by atoms with Gasteiger partial charge in [-0.2, -0.15) is 0 Å². The van der Waals surface area contributed by atoms with E-state index < -0.39 is 0 Å². The summed E-state index contributed by atoms with van der Waals surface area (Å²) in [5, 5.41) is 5.22. The molecule has 0 spiro atoms. The smallest absolute Gasteiger partial charge is 0.0104 e. The van der Waals surface area contributed by atoms with Gasteiger partial charge in [0.2, 0.25) is 0 Å². The molecule has 0 aromatic heterocycles. The number of thioether (sulfide) groups is 1. The molecule has 12 heavy (non-hydrogen) atoms. The van der Waals surface area contributed by atoms with Crippen LogP contribution in [0.25, 0.3) is 0 Å². The molecule has 1 aliphatic heterocycles. The summed E-state index contributed by atoms with van der Waals surface area (Å²) in [6.45, 7) is 2.25. The van der Waals surface area contributed by atoms with Crippen LogP contribution < -0.4 is 5.32 Å². The number of allylic oxidation sites excluding steroid dienone is 1. The lowest BCUT2D eigenvalue weighted by atomic mass is 10.1. The van der Waals surface area contributed by atoms with Crippen LogP contribution in [0.1, 0.15) is 39.0 Å². The predicted octanol–water partition coefficient (Wildman–Crippen LogP) is 3.61. The van der Waals surface area contributed by atoms with Crippen molar-refractivity contribution in [3.05, 3.63) is 22.7 Å². The SMILES string of the molecule is CCCCCCC1=CNC=CS1. The molecule has 0 fully saturated rings. The molecule has 1 nitrogen and oxygen atoms in total. The van der Waals surface area contributed by atoms with E-state index in [1.54, 1.807) is 0 Å². The lowest BCUT2D eigenvalue weighted by molar-refractivity contribution is 0.671. The Hall–Kier alpha value is -0.370. The fraction of sp³-hybridized carbons (Fsp3) is 0.600. The highest BCUT2D eigenvalue weighted by atomic mass is 32.2. The maximum absolute atomic E-state index is 3.11. The molecule has 68 valence electrons. The van der Waals surface area contributed by atoms with E-state index in [4.69, 9.17) is 0 Å². The average molecular weight is 183 g/mol. The third-order valence-corrected chi connectivity index (χ3v) is 2.80. The molecular weight excluding hydrogens is 166 g/mol. The highest BCUT2D eigenvalue weighted by Crippen LogP contribution is 2.24. The number of nitrogens with one attached hydrogen (secondary N) is 1. The van der Waals surface area contributed by atoms with E-state index >= 15 is 0 Å². The van der Waals surface area contributed by atoms with Crippen molar-refractivity contribution in [2.75, 3.05) is 0 Å². The lowest BCUT2D eigenvalue weighted by Crippen LogP contribution is -1.97. The minimum Gasteiger partial charge on any atom is -0.366 e. The molecule has 2 heteroatoms. The van der Waals surface area contributed by atoms with Crippen molar-refractivity contribution in [3.63, 3.8) is 0 Å². The minimum atomic E-state index is 1.24. The monoisotopic (exact) mass is 183 g/mol. The van der Waals surface area contributed by atoms with Crippen LogP contribution in [0.2, 0.25) is 0 Å². The van der Waals surface area contributed by atoms with Crippen LogP contribution >= 0.6 is 11.8 Å². The van der Waals surface area contributed by atoms with Crippen LogP contribution in [0.5, 0.6) is 0 Å². The van der Waals surface area contributed by atoms with Crippen molar-refractivity contribution in [1.82, 2.24) is 5.32 Å². The van der Waals surface area contributed by atoms with Gasteiger partial charge in [-0.1, -0.05) is 37.9 Å². The molecule has 0 aromatic rings. The average Bonchev–Trinajstić information content (AvgIpc) is 2.14. The summed E-state index contributed by atoms with van der Waals surface area (Å²) >= 11 is 1.84. The minimum absolute atomic E-state index is 1.24. The quantitative estimate of drug-likeness (QED) is 0.653. The summed E-state index contributed by atoms with van der Waals surface area (Å²) in [5.41, 5.74) is 0. The van der Waals surface area contributed by atoms with Gasteiger partial charge in [0.05, 0.1) is 0 Å². The summed E-state index contributed by atoms with van der Waals surface area (Å²) < 4.78 is 0. The maximum Gasteiger partial charge on any atom is 0.0104 e. The molecular formula is C10H17NS. The first kappa shape index (κ1) is 9.72. The maximum atomic E-state index is 3.11. The largest absolute Gasteiger partial charge is 0.366 e. The van der Waals surface area contributed by atoms with Gasteiger partial charge in [-0.25, -0.2) is 0 Å². The van der Waals surface area contributed by atoms with E-state index in [9.17, 15) is 0 Å². The molecule has 0 bridgehead atoms. The van der Waals surface area contributed by atoms with E-state index in [0.717, 1.165) is 0 Å². The van der Waals surface area contributed by atoms with Crippen LogP contribution in [-0.2, 0) is 0 Å². The zero-order chi connectivity index (χ0) is 8.65. The van der Waals surface area contributed by atoms with Gasteiger partial charge in [0.15, 0.2) is 0 Å². The molecule has 1 N–H and O–H groups in total. The van der Waals surface area contributed by atoms with Gasteiger partial charge in [-0.15, -0.1) is 0 Å². The Morgan fingerprint density at radius 3 is 2.92 bits per heavy atom. The molecule has 0 amide bonds. The van der Waals surface area contributed by atoms with Crippen molar-refractivity contribution < 1.29 is 0 Å². The molecule has 0 saturated heterocycles. The predicted molar refractivity (Wildman–Crippen MR) is 56.7 cm³/mol. The van der Waals surface area contributed by atoms with Crippen molar-refractivity contribution in [1.29, 1.82) is 0 Å². The third-order valence-electron chi connectivity index (χ3n) is 1.90. The van der Waals surface area contributed by atoms with Crippen LogP contribution in [0.15, 0.2) is 22.7 Å². The molecule has 0 unspecified atom stereocenters. The molecule has 0 atom stereocenters. The van der Waals surface area contributed by atoms with Crippen molar-refractivity contribution >= 4 is 11.8 Å². The molecule has 0 radical (unpaired) electrons. The van der Waals surface area contributed by atoms with E-state index in [1.165, 1.54) is 37.0 Å². The number of hydrogen-bond donors (Lipinski definition) is 1. The Labute approximate surface area is 79.3 Å². The first-order chi connectivity index (χ1) is 5.93. The fourth-order valence-electron chi connectivity index (χ4n) is 1.19. The Balaban J connectivity index is 2.03. The van der Waals surface area contributed by atoms with Gasteiger partial charge in [0, 0.05) is 17.3 Å². The van der Waals surface area contributed by atoms with Crippen molar-refractivity contribution in [2.45, 2.75) is 39.0 Å². The second-order valence-corrected chi connectivity index (χ2v) is 4.04. The van der Waals surface area contributed by atoms with Crippen LogP contribution in [-0.4, -0.2) is 0 Å². The zero-order valence-corrected chi connectivity index (χ0v) is 8.49. The summed E-state index contributed by atoms with van der Waals surface area (Å²) in [6.07, 6.45) is 10.7. The third kappa shape index (κ3) is 3.86. The molecule has 1 rings (SSSR count). The van der Waals surface area contributed by atoms with Crippen LogP contribution in [0.3, 0.4) is 0 Å². The number of unbranched alkanes of at least 4 members (excludes halogenated alkanes) is 3. The van der Waals surface area contributed by atoms with Crippen molar-refractivity contribution in [3.8, 4) is 0 Å². The van der Waals surface area contributed by atoms with Gasteiger partial charge in [0.25, 0.3) is 0 Å². The van der Waals surface area contributed by atoms with E-state index in [-0.39, 0.29) is 0 Å². The van der Waals surface area contributed by atoms with E-state index in [1.807, 2.05) is 18.0 Å².